The molecule has 1 aliphatic heterocycles. The van der Waals surface area contributed by atoms with Crippen LogP contribution in [-0.2, 0) is 13.0 Å². The van der Waals surface area contributed by atoms with Gasteiger partial charge in [0.25, 0.3) is 11.5 Å². The number of aliphatic hydroxyl groups excluding tert-OH is 1. The second-order valence-electron chi connectivity index (χ2n) is 9.77. The van der Waals surface area contributed by atoms with Crippen molar-refractivity contribution in [2.24, 2.45) is 0 Å². The zero-order valence-corrected chi connectivity index (χ0v) is 21.9. The number of hydrogen-bond donors (Lipinski definition) is 4. The minimum absolute atomic E-state index is 0.181. The number of carbonyl (C=O) groups is 1. The standard InChI is InChI=1S/C29H29N7O4/c1-18(37)17-31-27-25-23(14-15-30-26(25)33-34-27)40-21-12-10-19(11-13-21)32-28(38)24-22-9-5-6-16-35(22)36(29(24)39)20-7-3-2-4-8-20/h2-4,7-8,10-15,18,37H,5-6,9,16-17H2,1H3,(H,32,38)(H2,30,31,33,34). The number of aromatic nitrogens is 5. The highest BCUT2D eigenvalue weighted by molar-refractivity contribution is 6.05. The van der Waals surface area contributed by atoms with Crippen molar-refractivity contribution >= 4 is 28.4 Å². The van der Waals surface area contributed by atoms with Crippen LogP contribution in [0.25, 0.3) is 16.7 Å². The van der Waals surface area contributed by atoms with Gasteiger partial charge in [-0.05, 0) is 62.6 Å². The molecule has 0 radical (unpaired) electrons. The summed E-state index contributed by atoms with van der Waals surface area (Å²) in [7, 11) is 0. The number of H-pyrrole nitrogens is 1. The van der Waals surface area contributed by atoms with E-state index in [9.17, 15) is 14.7 Å². The van der Waals surface area contributed by atoms with Crippen LogP contribution in [0.4, 0.5) is 11.5 Å². The van der Waals surface area contributed by atoms with E-state index >= 15 is 0 Å². The van der Waals surface area contributed by atoms with E-state index in [4.69, 9.17) is 4.74 Å². The van der Waals surface area contributed by atoms with Crippen LogP contribution in [0.2, 0.25) is 0 Å². The Labute approximate surface area is 229 Å². The number of aliphatic hydroxyl groups is 1. The number of ether oxygens (including phenoxy) is 1. The molecule has 0 fully saturated rings. The first-order valence-electron chi connectivity index (χ1n) is 13.2. The second-order valence-corrected chi connectivity index (χ2v) is 9.77. The molecule has 1 atom stereocenters. The van der Waals surface area contributed by atoms with Gasteiger partial charge in [0.15, 0.2) is 11.5 Å². The van der Waals surface area contributed by atoms with Crippen LogP contribution in [-0.4, -0.2) is 48.2 Å². The lowest BCUT2D eigenvalue weighted by molar-refractivity contribution is 0.102. The Hall–Kier alpha value is -4.90. The first kappa shape index (κ1) is 25.4. The van der Waals surface area contributed by atoms with Gasteiger partial charge in [-0.25, -0.2) is 9.67 Å². The van der Waals surface area contributed by atoms with Crippen LogP contribution in [0.15, 0.2) is 71.7 Å². The number of hydrogen-bond acceptors (Lipinski definition) is 7. The van der Waals surface area contributed by atoms with Gasteiger partial charge in [-0.1, -0.05) is 18.2 Å². The number of nitrogens with zero attached hydrogens (tertiary/aromatic N) is 4. The van der Waals surface area contributed by atoms with Crippen LogP contribution in [0.3, 0.4) is 0 Å². The molecular weight excluding hydrogens is 510 g/mol. The smallest absolute Gasteiger partial charge is 0.284 e. The van der Waals surface area contributed by atoms with E-state index in [0.717, 1.165) is 24.2 Å². The molecule has 1 amide bonds. The highest BCUT2D eigenvalue weighted by Crippen LogP contribution is 2.33. The van der Waals surface area contributed by atoms with Gasteiger partial charge in [0.2, 0.25) is 0 Å². The maximum atomic E-state index is 13.5. The molecule has 1 aliphatic rings. The van der Waals surface area contributed by atoms with E-state index in [1.807, 2.05) is 35.0 Å². The van der Waals surface area contributed by atoms with Crippen molar-refractivity contribution in [1.82, 2.24) is 24.5 Å². The lowest BCUT2D eigenvalue weighted by atomic mass is 10.1. The summed E-state index contributed by atoms with van der Waals surface area (Å²) in [6, 6.07) is 18.1. The summed E-state index contributed by atoms with van der Waals surface area (Å²) in [5, 5.41) is 23.4. The van der Waals surface area contributed by atoms with Crippen molar-refractivity contribution in [3.05, 3.63) is 88.5 Å². The summed E-state index contributed by atoms with van der Waals surface area (Å²) in [6.07, 6.45) is 3.63. The maximum absolute atomic E-state index is 13.5. The molecule has 0 bridgehead atoms. The number of benzene rings is 2. The van der Waals surface area contributed by atoms with Crippen LogP contribution >= 0.6 is 0 Å². The molecule has 0 saturated carbocycles. The zero-order valence-electron chi connectivity index (χ0n) is 21.9. The van der Waals surface area contributed by atoms with E-state index in [0.29, 0.717) is 53.5 Å². The molecule has 0 spiro atoms. The van der Waals surface area contributed by atoms with E-state index in [1.165, 1.54) is 0 Å². The summed E-state index contributed by atoms with van der Waals surface area (Å²) in [4.78, 5) is 31.1. The van der Waals surface area contributed by atoms with Gasteiger partial charge in [0, 0.05) is 31.0 Å². The number of anilines is 2. The van der Waals surface area contributed by atoms with Gasteiger partial charge in [-0.15, -0.1) is 0 Å². The number of fused-ring (bicyclic) bond motifs is 2. The second kappa shape index (κ2) is 10.7. The normalized spacial score (nSPS) is 13.6. The maximum Gasteiger partial charge on any atom is 0.284 e. The average Bonchev–Trinajstić information content (AvgIpc) is 3.52. The lowest BCUT2D eigenvalue weighted by Gasteiger charge is -2.19. The van der Waals surface area contributed by atoms with Crippen molar-refractivity contribution in [2.45, 2.75) is 38.8 Å². The monoisotopic (exact) mass is 539 g/mol. The molecule has 6 rings (SSSR count). The largest absolute Gasteiger partial charge is 0.456 e. The Balaban J connectivity index is 1.23. The van der Waals surface area contributed by atoms with Gasteiger partial charge >= 0.3 is 0 Å². The molecular formula is C29H29N7O4. The summed E-state index contributed by atoms with van der Waals surface area (Å²) in [5.74, 6) is 1.17. The Morgan fingerprint density at radius 3 is 2.70 bits per heavy atom. The number of nitrogens with one attached hydrogen (secondary N) is 3. The molecule has 5 aromatic rings. The third-order valence-electron chi connectivity index (χ3n) is 6.84. The first-order valence-corrected chi connectivity index (χ1v) is 13.2. The van der Waals surface area contributed by atoms with Crippen molar-refractivity contribution < 1.29 is 14.6 Å². The van der Waals surface area contributed by atoms with Gasteiger partial charge in [0.1, 0.15) is 22.4 Å². The Morgan fingerprint density at radius 2 is 1.93 bits per heavy atom. The van der Waals surface area contributed by atoms with Gasteiger partial charge < -0.3 is 20.5 Å². The molecule has 2 aromatic carbocycles. The molecule has 11 heteroatoms. The molecule has 4 N–H and O–H groups in total. The minimum atomic E-state index is -0.547. The Kier molecular flexibility index (Phi) is 6.79. The number of aromatic amines is 1. The summed E-state index contributed by atoms with van der Waals surface area (Å²) >= 11 is 0. The molecule has 204 valence electrons. The number of amides is 1. The average molecular weight is 540 g/mol. The Morgan fingerprint density at radius 1 is 1.12 bits per heavy atom. The topological polar surface area (TPSA) is 139 Å². The molecule has 40 heavy (non-hydrogen) atoms. The van der Waals surface area contributed by atoms with Crippen LogP contribution < -0.4 is 20.9 Å². The fourth-order valence-electron chi connectivity index (χ4n) is 4.99. The van der Waals surface area contributed by atoms with Crippen LogP contribution in [0, 0.1) is 0 Å². The van der Waals surface area contributed by atoms with Crippen molar-refractivity contribution in [3.63, 3.8) is 0 Å². The molecule has 1 unspecified atom stereocenters. The fourth-order valence-corrected chi connectivity index (χ4v) is 4.99. The molecule has 3 aromatic heterocycles. The first-order chi connectivity index (χ1) is 19.5. The number of carbonyl (C=O) groups excluding carboxylic acids is 1. The lowest BCUT2D eigenvalue weighted by Crippen LogP contribution is -2.25. The van der Waals surface area contributed by atoms with Gasteiger partial charge in [-0.3, -0.25) is 19.4 Å². The van der Waals surface area contributed by atoms with Crippen molar-refractivity contribution in [1.29, 1.82) is 0 Å². The summed E-state index contributed by atoms with van der Waals surface area (Å²) in [6.45, 7) is 2.69. The molecule has 11 nitrogen and oxygen atoms in total. The Bertz CT molecular complexity index is 1720. The van der Waals surface area contributed by atoms with E-state index in [2.05, 4.69) is 25.8 Å². The predicted molar refractivity (Wildman–Crippen MR) is 151 cm³/mol. The van der Waals surface area contributed by atoms with Gasteiger partial charge in [-0.2, -0.15) is 5.10 Å². The highest BCUT2D eigenvalue weighted by Gasteiger charge is 2.27. The number of para-hydroxylation sites is 1. The minimum Gasteiger partial charge on any atom is -0.456 e. The predicted octanol–water partition coefficient (Wildman–Crippen LogP) is 4.08. The summed E-state index contributed by atoms with van der Waals surface area (Å²) < 4.78 is 9.66. The third-order valence-corrected chi connectivity index (χ3v) is 6.84. The third kappa shape index (κ3) is 4.82. The highest BCUT2D eigenvalue weighted by atomic mass is 16.5. The van der Waals surface area contributed by atoms with E-state index in [-0.39, 0.29) is 11.1 Å². The molecule has 0 aliphatic carbocycles. The quantitative estimate of drug-likeness (QED) is 0.233. The summed E-state index contributed by atoms with van der Waals surface area (Å²) in [5.41, 5.74) is 2.46. The van der Waals surface area contributed by atoms with Crippen LogP contribution in [0.1, 0.15) is 35.8 Å². The molecule has 4 heterocycles. The fraction of sp³-hybridized carbons (Fsp3) is 0.241. The van der Waals surface area contributed by atoms with Gasteiger partial charge in [0.05, 0.1) is 17.5 Å². The van der Waals surface area contributed by atoms with E-state index in [1.54, 1.807) is 48.1 Å². The van der Waals surface area contributed by atoms with Crippen LogP contribution in [0.5, 0.6) is 11.5 Å². The number of rotatable bonds is 8. The van der Waals surface area contributed by atoms with E-state index < -0.39 is 12.0 Å². The van der Waals surface area contributed by atoms with Crippen molar-refractivity contribution in [2.75, 3.05) is 17.2 Å². The molecule has 0 saturated heterocycles. The number of pyridine rings is 1. The zero-order chi connectivity index (χ0) is 27.6. The van der Waals surface area contributed by atoms with Crippen molar-refractivity contribution in [3.8, 4) is 17.2 Å². The SMILES string of the molecule is CC(O)CNc1n[nH]c2nccc(Oc3ccc(NC(=O)c4c5n(n(-c6ccccc6)c4=O)CCCC5)cc3)c12.